The zero-order chi connectivity index (χ0) is 16.4. The Balaban J connectivity index is 1.66. The summed E-state index contributed by atoms with van der Waals surface area (Å²) < 4.78 is 1.95. The lowest BCUT2D eigenvalue weighted by Gasteiger charge is -2.27. The second-order valence-corrected chi connectivity index (χ2v) is 6.74. The van der Waals surface area contributed by atoms with E-state index in [-0.39, 0.29) is 5.91 Å². The minimum Gasteiger partial charge on any atom is -0.379 e. The third-order valence-electron chi connectivity index (χ3n) is 4.09. The average Bonchev–Trinajstić information content (AvgIpc) is 3.14. The van der Waals surface area contributed by atoms with Gasteiger partial charge in [0.05, 0.1) is 24.1 Å². The van der Waals surface area contributed by atoms with E-state index in [0.717, 1.165) is 33.1 Å². The number of thiophene rings is 1. The first-order valence-electron chi connectivity index (χ1n) is 7.61. The molecule has 23 heavy (non-hydrogen) atoms. The van der Waals surface area contributed by atoms with Crippen molar-refractivity contribution in [3.8, 4) is 6.07 Å². The van der Waals surface area contributed by atoms with Gasteiger partial charge in [0.1, 0.15) is 11.1 Å². The minimum atomic E-state index is 0.153. The van der Waals surface area contributed by atoms with Crippen LogP contribution in [0.25, 0.3) is 0 Å². The third-order valence-corrected chi connectivity index (χ3v) is 5.33. The van der Waals surface area contributed by atoms with Crippen LogP contribution in [0.2, 0.25) is 0 Å². The molecule has 2 aromatic rings. The first-order valence-corrected chi connectivity index (χ1v) is 8.42. The number of rotatable bonds is 4. The highest BCUT2D eigenvalue weighted by Gasteiger charge is 2.26. The molecule has 0 fully saturated rings. The maximum atomic E-state index is 12.4. The van der Waals surface area contributed by atoms with Crippen LogP contribution in [0.3, 0.4) is 0 Å². The van der Waals surface area contributed by atoms with Crippen LogP contribution in [0.5, 0.6) is 0 Å². The first-order chi connectivity index (χ1) is 11.1. The van der Waals surface area contributed by atoms with E-state index in [1.54, 1.807) is 17.7 Å². The van der Waals surface area contributed by atoms with Gasteiger partial charge < -0.3 is 14.8 Å². The van der Waals surface area contributed by atoms with Crippen molar-refractivity contribution < 1.29 is 4.79 Å². The largest absolute Gasteiger partial charge is 0.379 e. The molecular weight excluding hydrogens is 310 g/mol. The molecule has 3 heterocycles. The molecule has 0 spiro atoms. The summed E-state index contributed by atoms with van der Waals surface area (Å²) in [5, 5.41) is 13.3. The van der Waals surface area contributed by atoms with Crippen LogP contribution in [-0.2, 0) is 24.3 Å². The molecule has 0 bridgehead atoms. The zero-order valence-electron chi connectivity index (χ0n) is 13.3. The highest BCUT2D eigenvalue weighted by atomic mass is 32.1. The number of nitrogens with zero attached hydrogens (tertiary/aromatic N) is 4. The van der Waals surface area contributed by atoms with E-state index in [0.29, 0.717) is 26.1 Å². The number of fused-ring (bicyclic) bond motifs is 1. The SMILES string of the molecule is CNc1sc2c(c1C#N)CCN(C(=O)CCn1cnc(C)c1)C2. The lowest BCUT2D eigenvalue weighted by Crippen LogP contribution is -2.35. The van der Waals surface area contributed by atoms with Crippen LogP contribution in [0, 0.1) is 18.3 Å². The van der Waals surface area contributed by atoms with E-state index in [1.165, 1.54) is 0 Å². The monoisotopic (exact) mass is 329 g/mol. The summed E-state index contributed by atoms with van der Waals surface area (Å²) in [6, 6.07) is 2.28. The van der Waals surface area contributed by atoms with Crippen LogP contribution in [0.15, 0.2) is 12.5 Å². The number of imidazole rings is 1. The molecule has 0 radical (unpaired) electrons. The Labute approximate surface area is 139 Å². The van der Waals surface area contributed by atoms with Crippen molar-refractivity contribution in [1.82, 2.24) is 14.5 Å². The van der Waals surface area contributed by atoms with Crippen LogP contribution in [-0.4, -0.2) is 34.0 Å². The van der Waals surface area contributed by atoms with Gasteiger partial charge in [0.25, 0.3) is 0 Å². The minimum absolute atomic E-state index is 0.153. The standard InChI is InChI=1S/C16H19N5OS/c1-11-8-20(10-19-11)5-4-15(22)21-6-3-12-13(7-17)16(18-2)23-14(12)9-21/h8,10,18H,3-6,9H2,1-2H3. The number of amides is 1. The van der Waals surface area contributed by atoms with Gasteiger partial charge in [-0.3, -0.25) is 4.79 Å². The van der Waals surface area contributed by atoms with Gasteiger partial charge in [0.2, 0.25) is 5.91 Å². The summed E-state index contributed by atoms with van der Waals surface area (Å²) in [4.78, 5) is 19.6. The van der Waals surface area contributed by atoms with E-state index < -0.39 is 0 Å². The molecule has 1 aliphatic rings. The highest BCUT2D eigenvalue weighted by molar-refractivity contribution is 7.16. The summed E-state index contributed by atoms with van der Waals surface area (Å²) in [5.41, 5.74) is 2.81. The van der Waals surface area contributed by atoms with E-state index in [1.807, 2.05) is 29.6 Å². The van der Waals surface area contributed by atoms with Crippen molar-refractivity contribution in [2.45, 2.75) is 32.9 Å². The van der Waals surface area contributed by atoms with Gasteiger partial charge in [-0.25, -0.2) is 4.98 Å². The number of anilines is 1. The van der Waals surface area contributed by atoms with Gasteiger partial charge in [-0.15, -0.1) is 11.3 Å². The summed E-state index contributed by atoms with van der Waals surface area (Å²) in [6.07, 6.45) is 4.93. The number of aryl methyl sites for hydroxylation is 2. The number of nitrogens with one attached hydrogen (secondary N) is 1. The molecule has 2 aromatic heterocycles. The van der Waals surface area contributed by atoms with Gasteiger partial charge >= 0.3 is 0 Å². The summed E-state index contributed by atoms with van der Waals surface area (Å²) in [5.74, 6) is 0.153. The second-order valence-electron chi connectivity index (χ2n) is 5.64. The van der Waals surface area contributed by atoms with E-state index >= 15 is 0 Å². The molecule has 1 amide bonds. The molecule has 1 aliphatic heterocycles. The van der Waals surface area contributed by atoms with Gasteiger partial charge in [-0.05, 0) is 18.9 Å². The second kappa shape index (κ2) is 6.42. The molecule has 1 N–H and O–H groups in total. The molecular formula is C16H19N5OS. The molecule has 0 aromatic carbocycles. The Morgan fingerprint density at radius 1 is 1.57 bits per heavy atom. The van der Waals surface area contributed by atoms with Crippen molar-refractivity contribution in [2.24, 2.45) is 0 Å². The molecule has 0 unspecified atom stereocenters. The first kappa shape index (κ1) is 15.6. The van der Waals surface area contributed by atoms with Crippen LogP contribution >= 0.6 is 11.3 Å². The Kier molecular flexibility index (Phi) is 4.35. The fraction of sp³-hybridized carbons (Fsp3) is 0.438. The number of carbonyl (C=O) groups is 1. The maximum absolute atomic E-state index is 12.4. The van der Waals surface area contributed by atoms with Gasteiger partial charge in [-0.2, -0.15) is 5.26 Å². The van der Waals surface area contributed by atoms with Gasteiger partial charge in [0.15, 0.2) is 0 Å². The predicted octanol–water partition coefficient (Wildman–Crippen LogP) is 2.14. The van der Waals surface area contributed by atoms with Crippen molar-refractivity contribution >= 4 is 22.2 Å². The number of carbonyl (C=O) groups excluding carboxylic acids is 1. The van der Waals surface area contributed by atoms with Crippen molar-refractivity contribution in [2.75, 3.05) is 18.9 Å². The Bertz CT molecular complexity index is 770. The van der Waals surface area contributed by atoms with Crippen molar-refractivity contribution in [3.05, 3.63) is 34.2 Å². The molecule has 0 saturated carbocycles. The quantitative estimate of drug-likeness (QED) is 0.932. The Morgan fingerprint density at radius 3 is 3.04 bits per heavy atom. The molecule has 0 saturated heterocycles. The average molecular weight is 329 g/mol. The van der Waals surface area contributed by atoms with Crippen LogP contribution in [0.1, 0.15) is 28.1 Å². The summed E-state index contributed by atoms with van der Waals surface area (Å²) in [6.45, 7) is 3.88. The maximum Gasteiger partial charge on any atom is 0.224 e. The highest BCUT2D eigenvalue weighted by Crippen LogP contribution is 2.36. The third kappa shape index (κ3) is 3.08. The molecule has 7 heteroatoms. The predicted molar refractivity (Wildman–Crippen MR) is 89.3 cm³/mol. The molecule has 6 nitrogen and oxygen atoms in total. The van der Waals surface area contributed by atoms with Crippen molar-refractivity contribution in [3.63, 3.8) is 0 Å². The Morgan fingerprint density at radius 2 is 2.39 bits per heavy atom. The lowest BCUT2D eigenvalue weighted by molar-refractivity contribution is -0.132. The fourth-order valence-corrected chi connectivity index (χ4v) is 4.05. The van der Waals surface area contributed by atoms with Crippen LogP contribution < -0.4 is 5.32 Å². The number of hydrogen-bond donors (Lipinski definition) is 1. The Hall–Kier alpha value is -2.33. The zero-order valence-corrected chi connectivity index (χ0v) is 14.1. The molecule has 0 atom stereocenters. The smallest absolute Gasteiger partial charge is 0.224 e. The number of aromatic nitrogens is 2. The lowest BCUT2D eigenvalue weighted by atomic mass is 10.0. The van der Waals surface area contributed by atoms with E-state index in [4.69, 9.17) is 0 Å². The fourth-order valence-electron chi connectivity index (χ4n) is 2.89. The summed E-state index contributed by atoms with van der Waals surface area (Å²) >= 11 is 1.58. The summed E-state index contributed by atoms with van der Waals surface area (Å²) in [7, 11) is 1.83. The van der Waals surface area contributed by atoms with Crippen molar-refractivity contribution in [1.29, 1.82) is 5.26 Å². The molecule has 120 valence electrons. The topological polar surface area (TPSA) is 74.0 Å². The van der Waals surface area contributed by atoms with E-state index in [2.05, 4.69) is 16.4 Å². The van der Waals surface area contributed by atoms with E-state index in [9.17, 15) is 10.1 Å². The number of nitriles is 1. The molecule has 3 rings (SSSR count). The number of hydrogen-bond acceptors (Lipinski definition) is 5. The van der Waals surface area contributed by atoms with Crippen LogP contribution in [0.4, 0.5) is 5.00 Å². The molecule has 0 aliphatic carbocycles. The normalized spacial score (nSPS) is 13.5. The van der Waals surface area contributed by atoms with Gasteiger partial charge in [0, 0.05) is 37.6 Å². The van der Waals surface area contributed by atoms with Gasteiger partial charge in [-0.1, -0.05) is 0 Å².